The van der Waals surface area contributed by atoms with Crippen LogP contribution < -0.4 is 10.9 Å². The number of nitrogens with one attached hydrogen (secondary N) is 1. The first-order chi connectivity index (χ1) is 12.1. The summed E-state index contributed by atoms with van der Waals surface area (Å²) in [5.41, 5.74) is 2.24. The van der Waals surface area contributed by atoms with Gasteiger partial charge in [0, 0.05) is 34.4 Å². The molecular weight excluding hydrogens is 382 g/mol. The average molecular weight is 397 g/mol. The van der Waals surface area contributed by atoms with Crippen LogP contribution in [0.15, 0.2) is 45.9 Å². The van der Waals surface area contributed by atoms with Gasteiger partial charge in [0.2, 0.25) is 0 Å². The summed E-state index contributed by atoms with van der Waals surface area (Å²) in [5.74, 6) is -0.364. The first-order valence-corrected chi connectivity index (χ1v) is 8.83. The lowest BCUT2D eigenvalue weighted by Crippen LogP contribution is -2.26. The Kier molecular flexibility index (Phi) is 3.92. The molecule has 3 aromatic rings. The summed E-state index contributed by atoms with van der Waals surface area (Å²) in [6.07, 6.45) is 5.01. The van der Waals surface area contributed by atoms with E-state index in [0.29, 0.717) is 5.56 Å². The van der Waals surface area contributed by atoms with Crippen molar-refractivity contribution in [2.45, 2.75) is 25.8 Å². The fraction of sp³-hybridized carbons (Fsp3) is 0.211. The number of halogens is 1. The Labute approximate surface area is 152 Å². The summed E-state index contributed by atoms with van der Waals surface area (Å²) in [6.45, 7) is 1.98. The number of aryl methyl sites for hydroxylation is 1. The molecule has 0 atom stereocenters. The second-order valence-electron chi connectivity index (χ2n) is 6.17. The Hall–Kier alpha value is -2.47. The van der Waals surface area contributed by atoms with E-state index >= 15 is 0 Å². The number of hydrogen-bond acceptors (Lipinski definition) is 3. The van der Waals surface area contributed by atoms with Crippen molar-refractivity contribution in [2.24, 2.45) is 0 Å². The van der Waals surface area contributed by atoms with Gasteiger partial charge in [-0.1, -0.05) is 22.0 Å². The van der Waals surface area contributed by atoms with Gasteiger partial charge in [0.15, 0.2) is 0 Å². The molecule has 1 radical (unpaired) electrons. The van der Waals surface area contributed by atoms with Crippen LogP contribution >= 0.6 is 15.9 Å². The Bertz CT molecular complexity index is 1040. The molecular formula is C19H15BrN3O2. The molecule has 4 rings (SSSR count). The molecule has 1 aromatic carbocycles. The number of carbonyl (C=O) groups excluding carboxylic acids is 1. The highest BCUT2D eigenvalue weighted by atomic mass is 79.9. The lowest BCUT2D eigenvalue weighted by Gasteiger charge is -2.15. The molecule has 1 aliphatic rings. The van der Waals surface area contributed by atoms with Crippen LogP contribution in [0.3, 0.4) is 0 Å². The summed E-state index contributed by atoms with van der Waals surface area (Å²) >= 11 is 3.53. The zero-order valence-corrected chi connectivity index (χ0v) is 15.1. The fourth-order valence-electron chi connectivity index (χ4n) is 2.95. The Morgan fingerprint density at radius 2 is 2.16 bits per heavy atom. The van der Waals surface area contributed by atoms with Gasteiger partial charge in [0.25, 0.3) is 11.5 Å². The highest BCUT2D eigenvalue weighted by molar-refractivity contribution is 9.10. The van der Waals surface area contributed by atoms with Crippen LogP contribution in [0.4, 0.5) is 5.69 Å². The molecule has 0 unspecified atom stereocenters. The van der Waals surface area contributed by atoms with Crippen molar-refractivity contribution in [3.8, 4) is 0 Å². The smallest absolute Gasteiger partial charge is 0.275 e. The minimum Gasteiger partial charge on any atom is -0.317 e. The molecule has 1 fully saturated rings. The zero-order chi connectivity index (χ0) is 17.6. The second-order valence-corrected chi connectivity index (χ2v) is 7.03. The molecule has 125 valence electrons. The zero-order valence-electron chi connectivity index (χ0n) is 13.5. The van der Waals surface area contributed by atoms with Crippen molar-refractivity contribution in [3.63, 3.8) is 0 Å². The quantitative estimate of drug-likeness (QED) is 0.730. The van der Waals surface area contributed by atoms with E-state index in [2.05, 4.69) is 32.3 Å². The maximum atomic E-state index is 13.0. The largest absolute Gasteiger partial charge is 0.317 e. The van der Waals surface area contributed by atoms with Crippen LogP contribution in [0.2, 0.25) is 0 Å². The number of aromatic nitrogens is 2. The summed E-state index contributed by atoms with van der Waals surface area (Å²) in [4.78, 5) is 29.3. The van der Waals surface area contributed by atoms with Crippen LogP contribution in [-0.4, -0.2) is 15.5 Å². The third-order valence-electron chi connectivity index (χ3n) is 4.37. The van der Waals surface area contributed by atoms with Gasteiger partial charge in [-0.15, -0.1) is 0 Å². The molecule has 1 amide bonds. The molecule has 1 N–H and O–H groups in total. The van der Waals surface area contributed by atoms with Gasteiger partial charge >= 0.3 is 0 Å². The molecule has 6 heteroatoms. The van der Waals surface area contributed by atoms with Crippen molar-refractivity contribution in [3.05, 3.63) is 68.7 Å². The number of anilines is 1. The third kappa shape index (κ3) is 2.87. The van der Waals surface area contributed by atoms with E-state index in [9.17, 15) is 9.59 Å². The topological polar surface area (TPSA) is 64.0 Å². The summed E-state index contributed by atoms with van der Waals surface area (Å²) in [5, 5.41) is 3.51. The molecule has 0 bridgehead atoms. The van der Waals surface area contributed by atoms with E-state index in [1.807, 2.05) is 19.1 Å². The molecule has 25 heavy (non-hydrogen) atoms. The number of rotatable bonds is 3. The normalized spacial score (nSPS) is 13.8. The molecule has 0 saturated heterocycles. The standard InChI is InChI=1S/C19H15BrN3O2/c1-11-15(20)7-4-12-9-16(19(25)23(17(11)12)14-5-6-14)22-18(24)13-3-2-8-21-10-13/h2-4,7-8,10,14H,5-6H2,1H3,(H,22,24). The predicted molar refractivity (Wildman–Crippen MR) is 99.9 cm³/mol. The van der Waals surface area contributed by atoms with Gasteiger partial charge in [-0.25, -0.2) is 0 Å². The van der Waals surface area contributed by atoms with Crippen LogP contribution in [0.1, 0.15) is 34.8 Å². The van der Waals surface area contributed by atoms with Crippen molar-refractivity contribution < 1.29 is 4.79 Å². The van der Waals surface area contributed by atoms with Crippen molar-refractivity contribution in [2.75, 3.05) is 5.32 Å². The monoisotopic (exact) mass is 396 g/mol. The van der Waals surface area contributed by atoms with Crippen molar-refractivity contribution in [1.82, 2.24) is 9.55 Å². The minimum atomic E-state index is -0.364. The number of hydrogen-bond donors (Lipinski definition) is 1. The van der Waals surface area contributed by atoms with Gasteiger partial charge in [-0.2, -0.15) is 0 Å². The molecule has 1 saturated carbocycles. The second kappa shape index (κ2) is 6.11. The maximum Gasteiger partial charge on any atom is 0.275 e. The first kappa shape index (κ1) is 16.0. The lowest BCUT2D eigenvalue weighted by atomic mass is 10.1. The first-order valence-electron chi connectivity index (χ1n) is 8.04. The van der Waals surface area contributed by atoms with Gasteiger partial charge in [0.1, 0.15) is 5.69 Å². The SMILES string of the molecule is Cc1c(Br)ccc2[c]c(NC(=O)c3cccnc3)c(=O)n(C3CC3)c12. The van der Waals surface area contributed by atoms with Gasteiger partial charge < -0.3 is 9.88 Å². The van der Waals surface area contributed by atoms with Gasteiger partial charge in [0.05, 0.1) is 11.1 Å². The third-order valence-corrected chi connectivity index (χ3v) is 5.23. The maximum absolute atomic E-state index is 13.0. The summed E-state index contributed by atoms with van der Waals surface area (Å²) in [6, 6.07) is 10.4. The van der Waals surface area contributed by atoms with Crippen LogP contribution in [-0.2, 0) is 0 Å². The van der Waals surface area contributed by atoms with Crippen LogP contribution in [0, 0.1) is 13.0 Å². The number of benzene rings is 1. The number of amides is 1. The van der Waals surface area contributed by atoms with E-state index in [0.717, 1.165) is 33.8 Å². The summed E-state index contributed by atoms with van der Waals surface area (Å²) < 4.78 is 2.75. The summed E-state index contributed by atoms with van der Waals surface area (Å²) in [7, 11) is 0. The molecule has 0 aliphatic heterocycles. The lowest BCUT2D eigenvalue weighted by molar-refractivity contribution is 0.102. The van der Waals surface area contributed by atoms with Crippen molar-refractivity contribution in [1.29, 1.82) is 0 Å². The molecule has 2 aromatic heterocycles. The predicted octanol–water partition coefficient (Wildman–Crippen LogP) is 3.85. The van der Waals surface area contributed by atoms with Crippen molar-refractivity contribution >= 4 is 38.4 Å². The van der Waals surface area contributed by atoms with E-state index in [-0.39, 0.29) is 23.2 Å². The molecule has 5 nitrogen and oxygen atoms in total. The Morgan fingerprint density at radius 3 is 2.84 bits per heavy atom. The molecule has 2 heterocycles. The van der Waals surface area contributed by atoms with E-state index < -0.39 is 0 Å². The Morgan fingerprint density at radius 1 is 1.36 bits per heavy atom. The number of nitrogens with zero attached hydrogens (tertiary/aromatic N) is 2. The average Bonchev–Trinajstić information content (AvgIpc) is 3.45. The van der Waals surface area contributed by atoms with Crippen LogP contribution in [0.5, 0.6) is 0 Å². The molecule has 1 aliphatic carbocycles. The fourth-order valence-corrected chi connectivity index (χ4v) is 3.27. The van der Waals surface area contributed by atoms with Gasteiger partial charge in [-0.05, 0) is 43.5 Å². The Balaban J connectivity index is 1.86. The highest BCUT2D eigenvalue weighted by Crippen LogP contribution is 2.38. The highest BCUT2D eigenvalue weighted by Gasteiger charge is 2.28. The van der Waals surface area contributed by atoms with Crippen LogP contribution in [0.25, 0.3) is 10.9 Å². The van der Waals surface area contributed by atoms with E-state index in [4.69, 9.17) is 0 Å². The van der Waals surface area contributed by atoms with Gasteiger partial charge in [-0.3, -0.25) is 14.6 Å². The van der Waals surface area contributed by atoms with E-state index in [1.165, 1.54) is 6.20 Å². The van der Waals surface area contributed by atoms with E-state index in [1.54, 1.807) is 22.9 Å². The molecule has 0 spiro atoms. The number of carbonyl (C=O) groups is 1. The number of fused-ring (bicyclic) bond motifs is 1. The number of pyridine rings is 2. The minimum absolute atomic E-state index is 0.176.